The maximum atomic E-state index is 15.0. The van der Waals surface area contributed by atoms with Gasteiger partial charge in [0.1, 0.15) is 17.9 Å². The molecule has 8 rings (SSSR count). The van der Waals surface area contributed by atoms with Crippen LogP contribution in [0.1, 0.15) is 71.9 Å². The number of aromatic nitrogens is 1. The van der Waals surface area contributed by atoms with Crippen LogP contribution >= 0.6 is 0 Å². The summed E-state index contributed by atoms with van der Waals surface area (Å²) in [4.78, 5) is 39.4. The third kappa shape index (κ3) is 5.60. The molecule has 2 fully saturated rings. The number of nitrogens with two attached hydrogens (primary N) is 1. The number of nitrogens with one attached hydrogen (secondary N) is 1. The van der Waals surface area contributed by atoms with Crippen LogP contribution in [0.25, 0.3) is 44.5 Å². The number of hydrogen-bond donors (Lipinski definition) is 2. The minimum Gasteiger partial charge on any atom is -0.454 e. The average molecular weight is 677 g/mol. The third-order valence-electron chi connectivity index (χ3n) is 10.6. The lowest BCUT2D eigenvalue weighted by molar-refractivity contribution is -0.0570. The summed E-state index contributed by atoms with van der Waals surface area (Å²) in [7, 11) is 0. The molecular formula is C40H41FN4O5. The number of nitrogens with zero attached hydrogens (tertiary/aromatic N) is 2. The number of furan rings is 1. The number of fused-ring (bicyclic) bond motifs is 3. The number of aryl methyl sites for hydroxylation is 1. The Bertz CT molecular complexity index is 2210. The van der Waals surface area contributed by atoms with Gasteiger partial charge in [-0.15, -0.1) is 0 Å². The van der Waals surface area contributed by atoms with Crippen molar-refractivity contribution >= 4 is 39.8 Å². The molecule has 0 radical (unpaired) electrons. The average Bonchev–Trinajstić information content (AvgIpc) is 3.60. The lowest BCUT2D eigenvalue weighted by atomic mass is 9.78. The number of primary amides is 1. The number of carbonyl (C=O) groups excluding carboxylic acids is 3. The molecule has 3 N–H and O–H groups in total. The normalized spacial score (nSPS) is 20.7. The summed E-state index contributed by atoms with van der Waals surface area (Å²) in [5, 5.41) is 4.90. The summed E-state index contributed by atoms with van der Waals surface area (Å²) in [5.74, 6) is 0.959. The van der Waals surface area contributed by atoms with Crippen molar-refractivity contribution in [1.82, 2.24) is 14.8 Å². The van der Waals surface area contributed by atoms with Crippen LogP contribution in [0, 0.1) is 18.3 Å². The van der Waals surface area contributed by atoms with Gasteiger partial charge >= 0.3 is 6.09 Å². The summed E-state index contributed by atoms with van der Waals surface area (Å²) < 4.78 is 29.3. The van der Waals surface area contributed by atoms with Crippen LogP contribution in [0.3, 0.4) is 0 Å². The summed E-state index contributed by atoms with van der Waals surface area (Å²) in [6.07, 6.45) is -0.852. The van der Waals surface area contributed by atoms with E-state index < -0.39 is 29.8 Å². The first-order valence-electron chi connectivity index (χ1n) is 17.3. The minimum absolute atomic E-state index is 0.0173. The Kier molecular flexibility index (Phi) is 7.54. The molecule has 4 heterocycles. The number of rotatable bonds is 6. The van der Waals surface area contributed by atoms with Crippen LogP contribution in [0.15, 0.2) is 65.1 Å². The first kappa shape index (κ1) is 32.1. The van der Waals surface area contributed by atoms with Crippen LogP contribution in [0.4, 0.5) is 9.18 Å². The number of hydrogen-bond acceptors (Lipinski definition) is 5. The fourth-order valence-electron chi connectivity index (χ4n) is 8.04. The lowest BCUT2D eigenvalue weighted by Crippen LogP contribution is -2.61. The smallest absolute Gasteiger partial charge is 0.404 e. The standard InChI is InChI=1S/C40H41FN4O5/c1-21-29-11-10-26(38(47)45-20-28(41)17-34(50-39(42)48)36(45)40(2,3)4)16-33(29)49-35(21)32-15-25-8-7-24(14-31(25)44(32)19-22-5-6-22)23-9-12-30-27(13-23)18-43-37(30)46/h7-16,22,28,34,36H,5-6,17-20H2,1-4H3,(H2,42,48)(H,43,46)/t28-,34-,36?/m1/s1. The molecule has 3 aromatic carbocycles. The van der Waals surface area contributed by atoms with Crippen LogP contribution in [0.5, 0.6) is 0 Å². The van der Waals surface area contributed by atoms with Crippen LogP contribution in [-0.2, 0) is 17.8 Å². The van der Waals surface area contributed by atoms with Gasteiger partial charge in [0.15, 0.2) is 5.76 Å². The van der Waals surface area contributed by atoms with E-state index in [9.17, 15) is 14.4 Å². The van der Waals surface area contributed by atoms with E-state index in [-0.39, 0.29) is 24.8 Å². The molecule has 0 bridgehead atoms. The highest BCUT2D eigenvalue weighted by atomic mass is 19.1. The zero-order valence-corrected chi connectivity index (χ0v) is 28.7. The van der Waals surface area contributed by atoms with Crippen molar-refractivity contribution in [2.75, 3.05) is 6.54 Å². The predicted octanol–water partition coefficient (Wildman–Crippen LogP) is 7.75. The number of likely N-dealkylation sites (tertiary alicyclic amines) is 1. The van der Waals surface area contributed by atoms with Crippen molar-refractivity contribution in [3.63, 3.8) is 0 Å². The number of halogens is 1. The SMILES string of the molecule is Cc1c(-c2cc3ccc(-c4ccc5c(c4)CNC5=O)cc3n2CC2CC2)oc2cc(C(=O)N3C[C@H](F)C[C@@H](OC(N)=O)C3C(C)(C)C)ccc12. The zero-order valence-electron chi connectivity index (χ0n) is 28.7. The lowest BCUT2D eigenvalue weighted by Gasteiger charge is -2.47. The minimum atomic E-state index is -1.36. The molecule has 2 aliphatic heterocycles. The predicted molar refractivity (Wildman–Crippen MR) is 189 cm³/mol. The highest BCUT2D eigenvalue weighted by Crippen LogP contribution is 2.41. The molecule has 1 saturated heterocycles. The summed E-state index contributed by atoms with van der Waals surface area (Å²) >= 11 is 0. The van der Waals surface area contributed by atoms with E-state index in [1.807, 2.05) is 45.9 Å². The number of ether oxygens (including phenoxy) is 1. The molecule has 50 heavy (non-hydrogen) atoms. The highest BCUT2D eigenvalue weighted by Gasteiger charge is 2.47. The number of carbonyl (C=O) groups is 3. The molecular weight excluding hydrogens is 635 g/mol. The molecule has 1 aliphatic carbocycles. The van der Waals surface area contributed by atoms with Gasteiger partial charge in [0.05, 0.1) is 18.3 Å². The molecule has 1 saturated carbocycles. The summed E-state index contributed by atoms with van der Waals surface area (Å²) in [6.45, 7) is 9.15. The van der Waals surface area contributed by atoms with Gasteiger partial charge in [-0.2, -0.15) is 0 Å². The molecule has 1 unspecified atom stereocenters. The van der Waals surface area contributed by atoms with Crippen molar-refractivity contribution < 1.29 is 27.9 Å². The fourth-order valence-corrected chi connectivity index (χ4v) is 8.04. The number of piperidine rings is 1. The van der Waals surface area contributed by atoms with Gasteiger partial charge in [0.2, 0.25) is 0 Å². The topological polar surface area (TPSA) is 120 Å². The molecule has 2 aromatic heterocycles. The fraction of sp³-hybridized carbons (Fsp3) is 0.375. The van der Waals surface area contributed by atoms with Crippen molar-refractivity contribution in [2.24, 2.45) is 17.1 Å². The second-order valence-corrected chi connectivity index (χ2v) is 15.3. The first-order chi connectivity index (χ1) is 23.9. The third-order valence-corrected chi connectivity index (χ3v) is 10.6. The van der Waals surface area contributed by atoms with E-state index in [4.69, 9.17) is 14.9 Å². The Balaban J connectivity index is 1.17. The van der Waals surface area contributed by atoms with Gasteiger partial charge in [-0.05, 0) is 84.2 Å². The van der Waals surface area contributed by atoms with Gasteiger partial charge in [-0.1, -0.05) is 45.0 Å². The quantitative estimate of drug-likeness (QED) is 0.191. The van der Waals surface area contributed by atoms with E-state index >= 15 is 4.39 Å². The molecule has 3 atom stereocenters. The largest absolute Gasteiger partial charge is 0.454 e. The number of alkyl halides is 1. The monoisotopic (exact) mass is 676 g/mol. The Morgan fingerprint density at radius 2 is 1.80 bits per heavy atom. The van der Waals surface area contributed by atoms with Gasteiger partial charge < -0.3 is 29.7 Å². The summed E-state index contributed by atoms with van der Waals surface area (Å²) in [5.41, 5.74) is 12.7. The van der Waals surface area contributed by atoms with E-state index in [1.54, 1.807) is 12.1 Å². The van der Waals surface area contributed by atoms with Gasteiger partial charge in [0, 0.05) is 52.5 Å². The molecule has 3 amide bonds. The molecule has 10 heteroatoms. The maximum absolute atomic E-state index is 15.0. The number of amides is 3. The van der Waals surface area contributed by atoms with Gasteiger partial charge in [-0.25, -0.2) is 9.18 Å². The Morgan fingerprint density at radius 1 is 1.04 bits per heavy atom. The van der Waals surface area contributed by atoms with Crippen molar-refractivity contribution in [3.05, 3.63) is 82.9 Å². The molecule has 9 nitrogen and oxygen atoms in total. The van der Waals surface area contributed by atoms with E-state index in [2.05, 4.69) is 40.2 Å². The van der Waals surface area contributed by atoms with Crippen molar-refractivity contribution in [3.8, 4) is 22.6 Å². The van der Waals surface area contributed by atoms with Gasteiger partial charge in [-0.3, -0.25) is 9.59 Å². The molecule has 5 aromatic rings. The second-order valence-electron chi connectivity index (χ2n) is 15.3. The summed E-state index contributed by atoms with van der Waals surface area (Å²) in [6, 6.07) is 19.5. The van der Waals surface area contributed by atoms with Crippen molar-refractivity contribution in [1.29, 1.82) is 0 Å². The molecule has 0 spiro atoms. The first-order valence-corrected chi connectivity index (χ1v) is 17.3. The Labute approximate surface area is 289 Å². The highest BCUT2D eigenvalue weighted by molar-refractivity contribution is 6.01. The Morgan fingerprint density at radius 3 is 2.54 bits per heavy atom. The Hall–Kier alpha value is -5.12. The van der Waals surface area contributed by atoms with Gasteiger partial charge in [0.25, 0.3) is 11.8 Å². The van der Waals surface area contributed by atoms with Crippen LogP contribution < -0.4 is 11.1 Å². The maximum Gasteiger partial charge on any atom is 0.404 e. The number of benzene rings is 3. The zero-order chi connectivity index (χ0) is 35.1. The van der Waals surface area contributed by atoms with Crippen molar-refractivity contribution in [2.45, 2.75) is 78.4 Å². The molecule has 258 valence electrons. The van der Waals surface area contributed by atoms with E-state index in [0.717, 1.165) is 62.1 Å². The van der Waals surface area contributed by atoms with E-state index in [1.165, 1.54) is 17.7 Å². The van der Waals surface area contributed by atoms with E-state index in [0.29, 0.717) is 23.6 Å². The van der Waals surface area contributed by atoms with Crippen LogP contribution in [-0.4, -0.2) is 52.2 Å². The van der Waals surface area contributed by atoms with Crippen LogP contribution in [0.2, 0.25) is 0 Å². The molecule has 3 aliphatic rings. The second kappa shape index (κ2) is 11.7.